The quantitative estimate of drug-likeness (QED) is 0.290. The number of hydrogen-bond donors (Lipinski definition) is 0. The molecule has 1 fully saturated rings. The molecule has 26 heavy (non-hydrogen) atoms. The standard InChI is InChI=1S/C22H30O4/c1-7-8-9-10-16-11-12-18(15(16)3)26-21(24)19-17(22(19,4)5)13-14(2)20(23)25-6/h7-9,13,17-19H,1,10-12H2,2-6H3/b9-8-,14-13+/t17-,18?,19+/m0/s1. The smallest absolute Gasteiger partial charge is 0.333 e. The van der Waals surface area contributed by atoms with Crippen LogP contribution in [0.2, 0.25) is 0 Å². The summed E-state index contributed by atoms with van der Waals surface area (Å²) in [5.74, 6) is -0.720. The van der Waals surface area contributed by atoms with Crippen molar-refractivity contribution in [3.05, 3.63) is 47.6 Å². The van der Waals surface area contributed by atoms with Crippen LogP contribution >= 0.6 is 0 Å². The van der Waals surface area contributed by atoms with Crippen LogP contribution in [0, 0.1) is 17.3 Å². The summed E-state index contributed by atoms with van der Waals surface area (Å²) in [7, 11) is 1.36. The van der Waals surface area contributed by atoms with E-state index in [0.717, 1.165) is 19.3 Å². The van der Waals surface area contributed by atoms with Crippen LogP contribution < -0.4 is 0 Å². The molecule has 2 aliphatic rings. The molecule has 0 bridgehead atoms. The van der Waals surface area contributed by atoms with Gasteiger partial charge in [-0.2, -0.15) is 0 Å². The summed E-state index contributed by atoms with van der Waals surface area (Å²) in [5, 5.41) is 0. The van der Waals surface area contributed by atoms with Gasteiger partial charge in [0.25, 0.3) is 0 Å². The fraction of sp³-hybridized carbons (Fsp3) is 0.545. The number of methoxy groups -OCH3 is 1. The van der Waals surface area contributed by atoms with E-state index in [4.69, 9.17) is 9.47 Å². The molecule has 0 aromatic heterocycles. The normalized spacial score (nSPS) is 27.6. The minimum absolute atomic E-state index is 0.00906. The van der Waals surface area contributed by atoms with Crippen molar-refractivity contribution in [3.8, 4) is 0 Å². The van der Waals surface area contributed by atoms with E-state index in [9.17, 15) is 9.59 Å². The first kappa shape index (κ1) is 20.2. The van der Waals surface area contributed by atoms with E-state index in [2.05, 4.69) is 19.6 Å². The van der Waals surface area contributed by atoms with E-state index in [1.54, 1.807) is 13.0 Å². The second kappa shape index (κ2) is 8.07. The lowest BCUT2D eigenvalue weighted by atomic mass is 10.1. The molecule has 1 unspecified atom stereocenters. The zero-order valence-corrected chi connectivity index (χ0v) is 16.5. The summed E-state index contributed by atoms with van der Waals surface area (Å²) >= 11 is 0. The largest absolute Gasteiger partial charge is 0.466 e. The zero-order chi connectivity index (χ0) is 19.5. The Bertz CT molecular complexity index is 678. The monoisotopic (exact) mass is 358 g/mol. The molecular formula is C22H30O4. The molecule has 0 amide bonds. The van der Waals surface area contributed by atoms with Crippen LogP contribution in [0.15, 0.2) is 47.6 Å². The van der Waals surface area contributed by atoms with Gasteiger partial charge in [0, 0.05) is 5.57 Å². The fourth-order valence-corrected chi connectivity index (χ4v) is 3.81. The predicted molar refractivity (Wildman–Crippen MR) is 102 cm³/mol. The lowest BCUT2D eigenvalue weighted by Gasteiger charge is -2.14. The van der Waals surface area contributed by atoms with Crippen LogP contribution in [0.25, 0.3) is 0 Å². The van der Waals surface area contributed by atoms with Crippen LogP contribution in [0.1, 0.15) is 47.0 Å². The number of hydrogen-bond acceptors (Lipinski definition) is 4. The minimum atomic E-state index is -0.355. The maximum absolute atomic E-state index is 12.7. The molecule has 0 aliphatic heterocycles. The molecule has 0 N–H and O–H groups in total. The molecule has 2 rings (SSSR count). The molecule has 2 aliphatic carbocycles. The van der Waals surface area contributed by atoms with Gasteiger partial charge in [-0.05, 0) is 50.0 Å². The van der Waals surface area contributed by atoms with Gasteiger partial charge in [0.05, 0.1) is 13.0 Å². The Morgan fingerprint density at radius 3 is 2.65 bits per heavy atom. The van der Waals surface area contributed by atoms with Crippen molar-refractivity contribution >= 4 is 11.9 Å². The summed E-state index contributed by atoms with van der Waals surface area (Å²) in [4.78, 5) is 24.3. The predicted octanol–water partition coefficient (Wildman–Crippen LogP) is 4.53. The highest BCUT2D eigenvalue weighted by molar-refractivity contribution is 5.88. The van der Waals surface area contributed by atoms with Gasteiger partial charge in [0.15, 0.2) is 0 Å². The molecule has 0 spiro atoms. The van der Waals surface area contributed by atoms with Gasteiger partial charge < -0.3 is 9.47 Å². The summed E-state index contributed by atoms with van der Waals surface area (Å²) in [6.07, 6.45) is 10.2. The van der Waals surface area contributed by atoms with Crippen molar-refractivity contribution in [1.29, 1.82) is 0 Å². The van der Waals surface area contributed by atoms with E-state index < -0.39 is 0 Å². The molecule has 1 saturated carbocycles. The Kier molecular flexibility index (Phi) is 6.27. The average molecular weight is 358 g/mol. The first-order chi connectivity index (χ1) is 12.2. The lowest BCUT2D eigenvalue weighted by molar-refractivity contribution is -0.150. The van der Waals surface area contributed by atoms with Gasteiger partial charge in [-0.1, -0.05) is 50.3 Å². The van der Waals surface area contributed by atoms with Gasteiger partial charge >= 0.3 is 11.9 Å². The van der Waals surface area contributed by atoms with Crippen molar-refractivity contribution in [2.75, 3.05) is 7.11 Å². The van der Waals surface area contributed by atoms with Gasteiger partial charge in [-0.15, -0.1) is 0 Å². The third-order valence-electron chi connectivity index (χ3n) is 5.75. The lowest BCUT2D eigenvalue weighted by Crippen LogP contribution is -2.20. The Morgan fingerprint density at radius 1 is 1.35 bits per heavy atom. The van der Waals surface area contributed by atoms with Gasteiger partial charge in [-0.25, -0.2) is 4.79 Å². The summed E-state index contributed by atoms with van der Waals surface area (Å²) in [6.45, 7) is 11.5. The van der Waals surface area contributed by atoms with Gasteiger partial charge in [-0.3, -0.25) is 4.79 Å². The van der Waals surface area contributed by atoms with E-state index in [1.807, 2.05) is 26.0 Å². The van der Waals surface area contributed by atoms with E-state index in [-0.39, 0.29) is 35.3 Å². The number of allylic oxidation sites excluding steroid dienone is 5. The third-order valence-corrected chi connectivity index (χ3v) is 5.75. The number of carbonyl (C=O) groups is 2. The maximum atomic E-state index is 12.7. The molecule has 4 nitrogen and oxygen atoms in total. The molecule has 0 saturated heterocycles. The summed E-state index contributed by atoms with van der Waals surface area (Å²) in [6, 6.07) is 0. The molecule has 0 aromatic rings. The van der Waals surface area contributed by atoms with Crippen LogP contribution in [-0.2, 0) is 19.1 Å². The number of rotatable bonds is 7. The second-order valence-electron chi connectivity index (χ2n) is 7.78. The Hall–Kier alpha value is -2.10. The van der Waals surface area contributed by atoms with Crippen LogP contribution in [-0.4, -0.2) is 25.2 Å². The van der Waals surface area contributed by atoms with Crippen molar-refractivity contribution < 1.29 is 19.1 Å². The Labute approximate surface area is 156 Å². The summed E-state index contributed by atoms with van der Waals surface area (Å²) in [5.41, 5.74) is 2.85. The number of ether oxygens (including phenoxy) is 2. The van der Waals surface area contributed by atoms with Crippen molar-refractivity contribution in [2.24, 2.45) is 17.3 Å². The molecule has 3 atom stereocenters. The van der Waals surface area contributed by atoms with E-state index in [1.165, 1.54) is 18.3 Å². The summed E-state index contributed by atoms with van der Waals surface area (Å²) < 4.78 is 10.6. The molecule has 142 valence electrons. The van der Waals surface area contributed by atoms with Crippen LogP contribution in [0.4, 0.5) is 0 Å². The van der Waals surface area contributed by atoms with Crippen LogP contribution in [0.5, 0.6) is 0 Å². The van der Waals surface area contributed by atoms with Crippen molar-refractivity contribution in [2.45, 2.75) is 53.1 Å². The zero-order valence-electron chi connectivity index (χ0n) is 16.5. The highest BCUT2D eigenvalue weighted by atomic mass is 16.5. The number of esters is 2. The van der Waals surface area contributed by atoms with Gasteiger partial charge in [0.2, 0.25) is 0 Å². The third kappa shape index (κ3) is 4.17. The maximum Gasteiger partial charge on any atom is 0.333 e. The Morgan fingerprint density at radius 2 is 2.04 bits per heavy atom. The second-order valence-corrected chi connectivity index (χ2v) is 7.78. The van der Waals surface area contributed by atoms with Crippen molar-refractivity contribution in [1.82, 2.24) is 0 Å². The molecule has 4 heteroatoms. The highest BCUT2D eigenvalue weighted by Crippen LogP contribution is 2.60. The highest BCUT2D eigenvalue weighted by Gasteiger charge is 2.62. The van der Waals surface area contributed by atoms with E-state index >= 15 is 0 Å². The Balaban J connectivity index is 2.01. The molecule has 0 heterocycles. The van der Waals surface area contributed by atoms with Crippen molar-refractivity contribution in [3.63, 3.8) is 0 Å². The first-order valence-electron chi connectivity index (χ1n) is 9.17. The topological polar surface area (TPSA) is 52.6 Å². The van der Waals surface area contributed by atoms with Crippen LogP contribution in [0.3, 0.4) is 0 Å². The SMILES string of the molecule is C=C/C=C\CC1=C(C)C(OC(=O)[C@H]2[C@H](/C=C(\C)C(=O)OC)C2(C)C)CC1. The number of carbonyl (C=O) groups excluding carboxylic acids is 2. The average Bonchev–Trinajstić information content (AvgIpc) is 2.96. The van der Waals surface area contributed by atoms with Gasteiger partial charge in [0.1, 0.15) is 6.10 Å². The van der Waals surface area contributed by atoms with E-state index in [0.29, 0.717) is 5.57 Å². The minimum Gasteiger partial charge on any atom is -0.466 e. The first-order valence-corrected chi connectivity index (χ1v) is 9.17. The molecule has 0 aromatic carbocycles. The fourth-order valence-electron chi connectivity index (χ4n) is 3.81. The molecule has 0 radical (unpaired) electrons. The molecular weight excluding hydrogens is 328 g/mol.